The van der Waals surface area contributed by atoms with Crippen LogP contribution < -0.4 is 4.90 Å². The Bertz CT molecular complexity index is 527. The zero-order valence-corrected chi connectivity index (χ0v) is 8.53. The molecule has 0 aromatic heterocycles. The molecular formula is C9H7N3O5. The molecular weight excluding hydrogens is 230 g/mol. The molecule has 1 fully saturated rings. The number of benzene rings is 1. The third kappa shape index (κ3) is 1.80. The Balaban J connectivity index is 2.45. The Hall–Kier alpha value is -2.51. The van der Waals surface area contributed by atoms with Crippen LogP contribution in [0, 0.1) is 20.2 Å². The van der Waals surface area contributed by atoms with Gasteiger partial charge in [-0.2, -0.15) is 0 Å². The van der Waals surface area contributed by atoms with E-state index < -0.39 is 21.2 Å². The van der Waals surface area contributed by atoms with Crippen LogP contribution in [0.1, 0.15) is 6.42 Å². The van der Waals surface area contributed by atoms with Crippen molar-refractivity contribution < 1.29 is 14.6 Å². The van der Waals surface area contributed by atoms with E-state index in [9.17, 15) is 25.0 Å². The van der Waals surface area contributed by atoms with Gasteiger partial charge in [0.2, 0.25) is 5.91 Å². The van der Waals surface area contributed by atoms with Crippen molar-refractivity contribution in [1.82, 2.24) is 0 Å². The van der Waals surface area contributed by atoms with Crippen LogP contribution in [0.3, 0.4) is 0 Å². The van der Waals surface area contributed by atoms with Gasteiger partial charge < -0.3 is 4.90 Å². The second kappa shape index (κ2) is 3.81. The zero-order chi connectivity index (χ0) is 12.6. The van der Waals surface area contributed by atoms with Crippen molar-refractivity contribution in [3.05, 3.63) is 38.4 Å². The highest BCUT2D eigenvalue weighted by atomic mass is 16.6. The van der Waals surface area contributed by atoms with Crippen molar-refractivity contribution in [3.63, 3.8) is 0 Å². The molecule has 0 atom stereocenters. The highest BCUT2D eigenvalue weighted by Gasteiger charge is 2.30. The SMILES string of the molecule is O=C1CCN1c1ccc([N+](=O)[O-])c([N+](=O)[O-])c1. The van der Waals surface area contributed by atoms with Gasteiger partial charge in [0.05, 0.1) is 15.5 Å². The number of carbonyl (C=O) groups is 1. The first kappa shape index (κ1) is 11.0. The molecule has 1 aromatic rings. The molecule has 8 heteroatoms. The number of nitro groups is 2. The third-order valence-electron chi connectivity index (χ3n) is 2.51. The van der Waals surface area contributed by atoms with Crippen LogP contribution >= 0.6 is 0 Å². The van der Waals surface area contributed by atoms with Crippen molar-refractivity contribution in [2.24, 2.45) is 0 Å². The van der Waals surface area contributed by atoms with Gasteiger partial charge in [0.25, 0.3) is 0 Å². The minimum Gasteiger partial charge on any atom is -0.312 e. The Kier molecular flexibility index (Phi) is 2.47. The molecule has 1 aliphatic heterocycles. The Morgan fingerprint density at radius 2 is 1.76 bits per heavy atom. The van der Waals surface area contributed by atoms with Crippen LogP contribution in [-0.4, -0.2) is 22.3 Å². The lowest BCUT2D eigenvalue weighted by atomic mass is 10.1. The standard InChI is InChI=1S/C9H7N3O5/c13-9-3-4-10(9)6-1-2-7(11(14)15)8(5-6)12(16)17/h1-2,5H,3-4H2. The van der Waals surface area contributed by atoms with Crippen LogP contribution in [0.15, 0.2) is 18.2 Å². The summed E-state index contributed by atoms with van der Waals surface area (Å²) >= 11 is 0. The molecule has 0 N–H and O–H groups in total. The number of nitro benzene ring substituents is 2. The number of rotatable bonds is 3. The van der Waals surface area contributed by atoms with Crippen molar-refractivity contribution in [3.8, 4) is 0 Å². The number of hydrogen-bond donors (Lipinski definition) is 0. The van der Waals surface area contributed by atoms with Gasteiger partial charge in [-0.05, 0) is 6.07 Å². The summed E-state index contributed by atoms with van der Waals surface area (Å²) in [6, 6.07) is 3.43. The van der Waals surface area contributed by atoms with Crippen molar-refractivity contribution >= 4 is 23.0 Å². The molecule has 0 saturated carbocycles. The fourth-order valence-electron chi connectivity index (χ4n) is 1.57. The van der Waals surface area contributed by atoms with E-state index in [2.05, 4.69) is 0 Å². The van der Waals surface area contributed by atoms with Crippen LogP contribution in [-0.2, 0) is 4.79 Å². The Labute approximate surface area is 94.7 Å². The predicted octanol–water partition coefficient (Wildman–Crippen LogP) is 1.24. The minimum absolute atomic E-state index is 0.145. The third-order valence-corrected chi connectivity index (χ3v) is 2.51. The highest BCUT2D eigenvalue weighted by molar-refractivity contribution is 5.99. The summed E-state index contributed by atoms with van der Waals surface area (Å²) in [5, 5.41) is 21.3. The largest absolute Gasteiger partial charge is 0.348 e. The summed E-state index contributed by atoms with van der Waals surface area (Å²) < 4.78 is 0. The van der Waals surface area contributed by atoms with Gasteiger partial charge in [0, 0.05) is 25.1 Å². The van der Waals surface area contributed by atoms with Gasteiger partial charge in [-0.25, -0.2) is 0 Å². The Morgan fingerprint density at radius 3 is 2.18 bits per heavy atom. The minimum atomic E-state index is -0.827. The molecule has 8 nitrogen and oxygen atoms in total. The van der Waals surface area contributed by atoms with Gasteiger partial charge >= 0.3 is 11.4 Å². The average Bonchev–Trinajstić information content (AvgIpc) is 2.26. The molecule has 1 amide bonds. The monoisotopic (exact) mass is 237 g/mol. The number of carbonyl (C=O) groups excluding carboxylic acids is 1. The number of anilines is 1. The second-order valence-electron chi connectivity index (χ2n) is 3.48. The molecule has 1 saturated heterocycles. The number of β-lactam (4-membered cyclic amide) rings is 1. The predicted molar refractivity (Wildman–Crippen MR) is 56.7 cm³/mol. The maximum absolute atomic E-state index is 11.2. The molecule has 0 radical (unpaired) electrons. The second-order valence-corrected chi connectivity index (χ2v) is 3.48. The maximum atomic E-state index is 11.2. The number of nitrogens with zero attached hydrogens (tertiary/aromatic N) is 3. The van der Waals surface area contributed by atoms with E-state index in [0.717, 1.165) is 12.1 Å². The summed E-state index contributed by atoms with van der Waals surface area (Å²) in [6.07, 6.45) is 0.394. The lowest BCUT2D eigenvalue weighted by Crippen LogP contribution is -2.43. The molecule has 0 bridgehead atoms. The summed E-state index contributed by atoms with van der Waals surface area (Å²) in [7, 11) is 0. The number of hydrogen-bond acceptors (Lipinski definition) is 5. The van der Waals surface area contributed by atoms with E-state index in [-0.39, 0.29) is 5.91 Å². The Morgan fingerprint density at radius 1 is 1.12 bits per heavy atom. The maximum Gasteiger partial charge on any atom is 0.348 e. The topological polar surface area (TPSA) is 107 Å². The molecule has 88 valence electrons. The van der Waals surface area contributed by atoms with Crippen LogP contribution in [0.5, 0.6) is 0 Å². The van der Waals surface area contributed by atoms with E-state index in [0.29, 0.717) is 18.7 Å². The zero-order valence-electron chi connectivity index (χ0n) is 8.53. The molecule has 1 aromatic carbocycles. The molecule has 2 rings (SSSR count). The van der Waals surface area contributed by atoms with E-state index in [1.165, 1.54) is 11.0 Å². The summed E-state index contributed by atoms with van der Waals surface area (Å²) in [6.45, 7) is 0.480. The van der Waals surface area contributed by atoms with Gasteiger partial charge in [-0.1, -0.05) is 0 Å². The van der Waals surface area contributed by atoms with E-state index in [1.807, 2.05) is 0 Å². The van der Waals surface area contributed by atoms with Crippen LogP contribution in [0.25, 0.3) is 0 Å². The first-order chi connectivity index (χ1) is 8.00. The van der Waals surface area contributed by atoms with Crippen LogP contribution in [0.2, 0.25) is 0 Å². The van der Waals surface area contributed by atoms with E-state index >= 15 is 0 Å². The van der Waals surface area contributed by atoms with Crippen molar-refractivity contribution in [2.75, 3.05) is 11.4 Å². The first-order valence-corrected chi connectivity index (χ1v) is 4.74. The van der Waals surface area contributed by atoms with Gasteiger partial charge in [-0.15, -0.1) is 0 Å². The quantitative estimate of drug-likeness (QED) is 0.446. The van der Waals surface area contributed by atoms with Gasteiger partial charge in [0.15, 0.2) is 0 Å². The fraction of sp³-hybridized carbons (Fsp3) is 0.222. The summed E-state index contributed by atoms with van der Waals surface area (Å²) in [4.78, 5) is 32.1. The normalized spacial score (nSPS) is 14.4. The number of amides is 1. The molecule has 1 heterocycles. The molecule has 17 heavy (non-hydrogen) atoms. The molecule has 0 aliphatic carbocycles. The lowest BCUT2D eigenvalue weighted by molar-refractivity contribution is -0.422. The average molecular weight is 237 g/mol. The lowest BCUT2D eigenvalue weighted by Gasteiger charge is -2.30. The van der Waals surface area contributed by atoms with Gasteiger partial charge in [0.1, 0.15) is 0 Å². The highest BCUT2D eigenvalue weighted by Crippen LogP contribution is 2.32. The van der Waals surface area contributed by atoms with E-state index in [4.69, 9.17) is 0 Å². The first-order valence-electron chi connectivity index (χ1n) is 4.74. The van der Waals surface area contributed by atoms with Crippen LogP contribution in [0.4, 0.5) is 17.1 Å². The summed E-state index contributed by atoms with van der Waals surface area (Å²) in [5.74, 6) is -0.145. The van der Waals surface area contributed by atoms with Gasteiger partial charge in [-0.3, -0.25) is 25.0 Å². The van der Waals surface area contributed by atoms with E-state index in [1.54, 1.807) is 0 Å². The smallest absolute Gasteiger partial charge is 0.312 e. The molecule has 1 aliphatic rings. The van der Waals surface area contributed by atoms with Crippen molar-refractivity contribution in [2.45, 2.75) is 6.42 Å². The molecule has 0 unspecified atom stereocenters. The summed E-state index contributed by atoms with van der Waals surface area (Å²) in [5.41, 5.74) is -0.863. The van der Waals surface area contributed by atoms with Crippen molar-refractivity contribution in [1.29, 1.82) is 0 Å². The molecule has 0 spiro atoms. The fourth-order valence-corrected chi connectivity index (χ4v) is 1.57.